The molecule has 100 valence electrons. The SMILES string of the molecule is CC1COCCN1C(=O)C[C@@H]1CCC[C@H]1N.Cl. The van der Waals surface area contributed by atoms with Gasteiger partial charge in [0.15, 0.2) is 0 Å². The van der Waals surface area contributed by atoms with Crippen molar-refractivity contribution in [3.63, 3.8) is 0 Å². The molecule has 3 atom stereocenters. The number of hydrogen-bond donors (Lipinski definition) is 1. The lowest BCUT2D eigenvalue weighted by atomic mass is 9.99. The standard InChI is InChI=1S/C12H22N2O2.ClH/c1-9-8-16-6-5-14(9)12(15)7-10-3-2-4-11(10)13;/h9-11H,2-8,13H2,1H3;1H/t9?,10-,11+;/m0./s1. The Morgan fingerprint density at radius 2 is 2.24 bits per heavy atom. The zero-order chi connectivity index (χ0) is 11.5. The second-order valence-electron chi connectivity index (χ2n) is 5.07. The van der Waals surface area contributed by atoms with Crippen LogP contribution in [0.25, 0.3) is 0 Å². The predicted molar refractivity (Wildman–Crippen MR) is 69.2 cm³/mol. The Morgan fingerprint density at radius 3 is 2.82 bits per heavy atom. The first-order valence-corrected chi connectivity index (χ1v) is 6.31. The second-order valence-corrected chi connectivity index (χ2v) is 5.07. The molecule has 1 heterocycles. The van der Waals surface area contributed by atoms with Gasteiger partial charge in [-0.1, -0.05) is 6.42 Å². The maximum absolute atomic E-state index is 12.1. The normalized spacial score (nSPS) is 33.3. The molecule has 1 saturated carbocycles. The minimum absolute atomic E-state index is 0. The molecular weight excluding hydrogens is 240 g/mol. The van der Waals surface area contributed by atoms with Crippen LogP contribution in [-0.2, 0) is 9.53 Å². The van der Waals surface area contributed by atoms with E-state index in [4.69, 9.17) is 10.5 Å². The average Bonchev–Trinajstić information content (AvgIpc) is 2.65. The molecule has 0 radical (unpaired) electrons. The van der Waals surface area contributed by atoms with E-state index in [0.717, 1.165) is 19.4 Å². The van der Waals surface area contributed by atoms with Crippen LogP contribution in [-0.4, -0.2) is 42.6 Å². The van der Waals surface area contributed by atoms with Crippen LogP contribution < -0.4 is 5.73 Å². The largest absolute Gasteiger partial charge is 0.377 e. The van der Waals surface area contributed by atoms with Gasteiger partial charge >= 0.3 is 0 Å². The first-order valence-electron chi connectivity index (χ1n) is 6.31. The van der Waals surface area contributed by atoms with E-state index < -0.39 is 0 Å². The van der Waals surface area contributed by atoms with Crippen molar-refractivity contribution in [3.05, 3.63) is 0 Å². The monoisotopic (exact) mass is 262 g/mol. The Balaban J connectivity index is 0.00000144. The first-order chi connectivity index (χ1) is 7.68. The highest BCUT2D eigenvalue weighted by atomic mass is 35.5. The summed E-state index contributed by atoms with van der Waals surface area (Å²) in [6.45, 7) is 4.13. The third-order valence-electron chi connectivity index (χ3n) is 3.84. The van der Waals surface area contributed by atoms with Gasteiger partial charge in [0.2, 0.25) is 5.91 Å². The minimum Gasteiger partial charge on any atom is -0.377 e. The van der Waals surface area contributed by atoms with E-state index in [0.29, 0.717) is 25.6 Å². The fraction of sp³-hybridized carbons (Fsp3) is 0.917. The summed E-state index contributed by atoms with van der Waals surface area (Å²) in [4.78, 5) is 14.1. The van der Waals surface area contributed by atoms with Gasteiger partial charge in [0.25, 0.3) is 0 Å². The minimum atomic E-state index is 0. The van der Waals surface area contributed by atoms with E-state index in [1.54, 1.807) is 0 Å². The summed E-state index contributed by atoms with van der Waals surface area (Å²) in [5.41, 5.74) is 6.00. The van der Waals surface area contributed by atoms with E-state index in [1.807, 2.05) is 11.8 Å². The predicted octanol–water partition coefficient (Wildman–Crippen LogP) is 1.17. The number of amides is 1. The molecule has 1 aliphatic carbocycles. The number of rotatable bonds is 2. The fourth-order valence-electron chi connectivity index (χ4n) is 2.76. The first kappa shape index (κ1) is 14.7. The Bertz CT molecular complexity index is 263. The molecule has 1 saturated heterocycles. The van der Waals surface area contributed by atoms with Crippen molar-refractivity contribution in [1.82, 2.24) is 4.90 Å². The van der Waals surface area contributed by atoms with Gasteiger partial charge in [0.1, 0.15) is 0 Å². The summed E-state index contributed by atoms with van der Waals surface area (Å²) in [5, 5.41) is 0. The van der Waals surface area contributed by atoms with E-state index in [9.17, 15) is 4.79 Å². The molecule has 0 aromatic carbocycles. The highest BCUT2D eigenvalue weighted by Crippen LogP contribution is 2.27. The quantitative estimate of drug-likeness (QED) is 0.813. The summed E-state index contributed by atoms with van der Waals surface area (Å²) in [5.74, 6) is 0.667. The Kier molecular flexibility index (Phi) is 5.70. The van der Waals surface area contributed by atoms with E-state index >= 15 is 0 Å². The van der Waals surface area contributed by atoms with Crippen LogP contribution in [0, 0.1) is 5.92 Å². The molecule has 4 nitrogen and oxygen atoms in total. The lowest BCUT2D eigenvalue weighted by Gasteiger charge is -2.34. The third kappa shape index (κ3) is 3.57. The molecule has 2 N–H and O–H groups in total. The number of halogens is 1. The van der Waals surface area contributed by atoms with Gasteiger partial charge in [0.05, 0.1) is 19.3 Å². The summed E-state index contributed by atoms with van der Waals surface area (Å²) < 4.78 is 5.33. The van der Waals surface area contributed by atoms with Crippen molar-refractivity contribution < 1.29 is 9.53 Å². The molecule has 17 heavy (non-hydrogen) atoms. The summed E-state index contributed by atoms with van der Waals surface area (Å²) in [7, 11) is 0. The van der Waals surface area contributed by atoms with E-state index in [1.165, 1.54) is 6.42 Å². The van der Waals surface area contributed by atoms with Crippen molar-refractivity contribution in [3.8, 4) is 0 Å². The van der Waals surface area contributed by atoms with E-state index in [-0.39, 0.29) is 30.4 Å². The zero-order valence-electron chi connectivity index (χ0n) is 10.4. The number of nitrogens with two attached hydrogens (primary N) is 1. The summed E-state index contributed by atoms with van der Waals surface area (Å²) >= 11 is 0. The molecule has 2 aliphatic rings. The number of ether oxygens (including phenoxy) is 1. The Labute approximate surface area is 109 Å². The number of nitrogens with zero attached hydrogens (tertiary/aromatic N) is 1. The molecular formula is C12H23ClN2O2. The lowest BCUT2D eigenvalue weighted by Crippen LogP contribution is -2.48. The van der Waals surface area contributed by atoms with E-state index in [2.05, 4.69) is 0 Å². The zero-order valence-corrected chi connectivity index (χ0v) is 11.2. The topological polar surface area (TPSA) is 55.6 Å². The van der Waals surface area contributed by atoms with Crippen LogP contribution in [0.4, 0.5) is 0 Å². The molecule has 2 rings (SSSR count). The number of carbonyl (C=O) groups excluding carboxylic acids is 1. The number of carbonyl (C=O) groups is 1. The van der Waals surface area contributed by atoms with Crippen molar-refractivity contribution >= 4 is 18.3 Å². The number of hydrogen-bond acceptors (Lipinski definition) is 3. The van der Waals surface area contributed by atoms with Crippen LogP contribution in [0.1, 0.15) is 32.6 Å². The lowest BCUT2D eigenvalue weighted by molar-refractivity contribution is -0.140. The van der Waals surface area contributed by atoms with Crippen molar-refractivity contribution in [2.75, 3.05) is 19.8 Å². The molecule has 5 heteroatoms. The van der Waals surface area contributed by atoms with Crippen molar-refractivity contribution in [2.45, 2.75) is 44.7 Å². The Morgan fingerprint density at radius 1 is 1.47 bits per heavy atom. The fourth-order valence-corrected chi connectivity index (χ4v) is 2.76. The van der Waals surface area contributed by atoms with Gasteiger partial charge in [-0.05, 0) is 25.7 Å². The molecule has 1 unspecified atom stereocenters. The van der Waals surface area contributed by atoms with Crippen molar-refractivity contribution in [2.24, 2.45) is 11.7 Å². The van der Waals surface area contributed by atoms with Crippen LogP contribution in [0.2, 0.25) is 0 Å². The molecule has 2 fully saturated rings. The number of morpholine rings is 1. The Hall–Kier alpha value is -0.320. The molecule has 1 aliphatic heterocycles. The molecule has 0 aromatic rings. The van der Waals surface area contributed by atoms with Crippen LogP contribution >= 0.6 is 12.4 Å². The molecule has 0 bridgehead atoms. The van der Waals surface area contributed by atoms with Crippen LogP contribution in [0.5, 0.6) is 0 Å². The van der Waals surface area contributed by atoms with Crippen LogP contribution in [0.3, 0.4) is 0 Å². The maximum Gasteiger partial charge on any atom is 0.223 e. The maximum atomic E-state index is 12.1. The second kappa shape index (κ2) is 6.57. The summed E-state index contributed by atoms with van der Waals surface area (Å²) in [6.07, 6.45) is 4.01. The van der Waals surface area contributed by atoms with Gasteiger partial charge in [0, 0.05) is 19.0 Å². The molecule has 0 spiro atoms. The highest BCUT2D eigenvalue weighted by molar-refractivity contribution is 5.85. The van der Waals surface area contributed by atoms with Gasteiger partial charge in [-0.25, -0.2) is 0 Å². The van der Waals surface area contributed by atoms with Crippen LogP contribution in [0.15, 0.2) is 0 Å². The van der Waals surface area contributed by atoms with Gasteiger partial charge in [-0.15, -0.1) is 12.4 Å². The van der Waals surface area contributed by atoms with Gasteiger partial charge in [-0.3, -0.25) is 4.79 Å². The highest BCUT2D eigenvalue weighted by Gasteiger charge is 2.30. The summed E-state index contributed by atoms with van der Waals surface area (Å²) in [6, 6.07) is 0.458. The smallest absolute Gasteiger partial charge is 0.223 e. The molecule has 0 aromatic heterocycles. The van der Waals surface area contributed by atoms with Gasteiger partial charge < -0.3 is 15.4 Å². The molecule has 1 amide bonds. The van der Waals surface area contributed by atoms with Crippen molar-refractivity contribution in [1.29, 1.82) is 0 Å². The van der Waals surface area contributed by atoms with Gasteiger partial charge in [-0.2, -0.15) is 0 Å². The average molecular weight is 263 g/mol. The third-order valence-corrected chi connectivity index (χ3v) is 3.84.